The number of nitrogens with zero attached hydrogens (tertiary/aromatic N) is 4. The molecule has 4 nitrogen and oxygen atoms in total. The first-order chi connectivity index (χ1) is 11.6. The predicted octanol–water partition coefficient (Wildman–Crippen LogP) is 3.84. The van der Waals surface area contributed by atoms with E-state index in [1.165, 1.54) is 34.4 Å². The van der Waals surface area contributed by atoms with Crippen molar-refractivity contribution in [3.63, 3.8) is 0 Å². The molecule has 0 spiro atoms. The molecule has 4 rings (SSSR count). The standard InChI is InChI=1S/C20H22N4/c1-21-15-9-5-6-10-16(15)22(2)19(21)13-14-20-23(3)17-11-7-8-12-18(17)24(20)4/h5-14H,1-4H3. The van der Waals surface area contributed by atoms with Gasteiger partial charge in [0, 0.05) is 28.2 Å². The minimum absolute atomic E-state index is 1.17. The maximum Gasteiger partial charge on any atom is 0.113 e. The van der Waals surface area contributed by atoms with E-state index in [0.29, 0.717) is 0 Å². The fourth-order valence-corrected chi connectivity index (χ4v) is 3.60. The smallest absolute Gasteiger partial charge is 0.113 e. The quantitative estimate of drug-likeness (QED) is 0.792. The van der Waals surface area contributed by atoms with Gasteiger partial charge < -0.3 is 19.6 Å². The zero-order valence-corrected chi connectivity index (χ0v) is 14.6. The van der Waals surface area contributed by atoms with Gasteiger partial charge in [-0.3, -0.25) is 0 Å². The molecule has 2 aromatic rings. The van der Waals surface area contributed by atoms with E-state index >= 15 is 0 Å². The number of allylic oxidation sites excluding steroid dienone is 2. The molecule has 122 valence electrons. The number of hydrogen-bond acceptors (Lipinski definition) is 4. The molecular formula is C20H22N4. The molecule has 0 fully saturated rings. The highest BCUT2D eigenvalue weighted by molar-refractivity contribution is 5.83. The van der Waals surface area contributed by atoms with Crippen LogP contribution in [0.3, 0.4) is 0 Å². The first-order valence-corrected chi connectivity index (χ1v) is 8.14. The third kappa shape index (κ3) is 1.99. The second-order valence-electron chi connectivity index (χ2n) is 6.26. The first kappa shape index (κ1) is 14.7. The average molecular weight is 318 g/mol. The molecule has 0 bridgehead atoms. The highest BCUT2D eigenvalue weighted by atomic mass is 15.4. The normalized spacial score (nSPS) is 15.8. The van der Waals surface area contributed by atoms with Gasteiger partial charge in [-0.2, -0.15) is 0 Å². The monoisotopic (exact) mass is 318 g/mol. The van der Waals surface area contributed by atoms with E-state index in [9.17, 15) is 0 Å². The summed E-state index contributed by atoms with van der Waals surface area (Å²) >= 11 is 0. The van der Waals surface area contributed by atoms with Gasteiger partial charge in [-0.05, 0) is 36.4 Å². The molecule has 0 radical (unpaired) electrons. The van der Waals surface area contributed by atoms with Crippen molar-refractivity contribution in [1.29, 1.82) is 0 Å². The molecule has 24 heavy (non-hydrogen) atoms. The van der Waals surface area contributed by atoms with Crippen LogP contribution >= 0.6 is 0 Å². The molecule has 0 aliphatic carbocycles. The van der Waals surface area contributed by atoms with Crippen LogP contribution in [0.15, 0.2) is 72.3 Å². The van der Waals surface area contributed by atoms with Gasteiger partial charge in [-0.15, -0.1) is 0 Å². The molecule has 0 saturated carbocycles. The van der Waals surface area contributed by atoms with Crippen LogP contribution in [0.1, 0.15) is 0 Å². The van der Waals surface area contributed by atoms with Gasteiger partial charge in [0.15, 0.2) is 0 Å². The number of para-hydroxylation sites is 4. The Kier molecular flexibility index (Phi) is 3.27. The minimum atomic E-state index is 1.17. The lowest BCUT2D eigenvalue weighted by atomic mass is 10.3. The summed E-state index contributed by atoms with van der Waals surface area (Å²) < 4.78 is 0. The van der Waals surface area contributed by atoms with E-state index in [1.54, 1.807) is 0 Å². The summed E-state index contributed by atoms with van der Waals surface area (Å²) in [4.78, 5) is 8.92. The molecule has 0 atom stereocenters. The van der Waals surface area contributed by atoms with Gasteiger partial charge in [0.2, 0.25) is 0 Å². The molecule has 0 N–H and O–H groups in total. The topological polar surface area (TPSA) is 13.0 Å². The van der Waals surface area contributed by atoms with Crippen LogP contribution in [0.5, 0.6) is 0 Å². The lowest BCUT2D eigenvalue weighted by molar-refractivity contribution is 1.03. The summed E-state index contributed by atoms with van der Waals surface area (Å²) in [7, 11) is 8.46. The summed E-state index contributed by atoms with van der Waals surface area (Å²) in [5.74, 6) is 2.34. The van der Waals surface area contributed by atoms with Gasteiger partial charge in [0.05, 0.1) is 22.7 Å². The van der Waals surface area contributed by atoms with Crippen molar-refractivity contribution in [1.82, 2.24) is 0 Å². The Bertz CT molecular complexity index is 719. The van der Waals surface area contributed by atoms with Gasteiger partial charge in [0.1, 0.15) is 11.6 Å². The SMILES string of the molecule is CN1C(=CC=C2N(C)c3ccccc3N2C)N(C)c2ccccc21. The van der Waals surface area contributed by atoms with Gasteiger partial charge in [-0.25, -0.2) is 0 Å². The van der Waals surface area contributed by atoms with Crippen LogP contribution in [0.25, 0.3) is 0 Å². The van der Waals surface area contributed by atoms with Crippen LogP contribution < -0.4 is 19.6 Å². The zero-order valence-electron chi connectivity index (χ0n) is 14.6. The van der Waals surface area contributed by atoms with Gasteiger partial charge in [-0.1, -0.05) is 24.3 Å². The maximum absolute atomic E-state index is 2.23. The molecule has 4 heteroatoms. The van der Waals surface area contributed by atoms with Gasteiger partial charge in [0.25, 0.3) is 0 Å². The minimum Gasteiger partial charge on any atom is -0.329 e. The van der Waals surface area contributed by atoms with E-state index in [-0.39, 0.29) is 0 Å². The van der Waals surface area contributed by atoms with Crippen molar-refractivity contribution in [2.24, 2.45) is 0 Å². The summed E-state index contributed by atoms with van der Waals surface area (Å²) in [5, 5.41) is 0. The molecular weight excluding hydrogens is 296 g/mol. The molecule has 2 heterocycles. The van der Waals surface area contributed by atoms with E-state index in [0.717, 1.165) is 0 Å². The van der Waals surface area contributed by atoms with Crippen molar-refractivity contribution >= 4 is 22.7 Å². The van der Waals surface area contributed by atoms with Crippen molar-refractivity contribution in [2.45, 2.75) is 0 Å². The maximum atomic E-state index is 2.23. The van der Waals surface area contributed by atoms with Crippen LogP contribution in [-0.2, 0) is 0 Å². The number of anilines is 4. The second kappa shape index (κ2) is 5.34. The largest absolute Gasteiger partial charge is 0.329 e. The third-order valence-electron chi connectivity index (χ3n) is 4.96. The van der Waals surface area contributed by atoms with Crippen molar-refractivity contribution in [2.75, 3.05) is 47.8 Å². The Morgan fingerprint density at radius 3 is 1.00 bits per heavy atom. The first-order valence-electron chi connectivity index (χ1n) is 8.14. The van der Waals surface area contributed by atoms with Crippen LogP contribution in [0.4, 0.5) is 22.7 Å². The van der Waals surface area contributed by atoms with Crippen molar-refractivity contribution in [3.05, 3.63) is 72.3 Å². The summed E-state index contributed by atoms with van der Waals surface area (Å²) in [5.41, 5.74) is 4.95. The van der Waals surface area contributed by atoms with Gasteiger partial charge >= 0.3 is 0 Å². The lowest BCUT2D eigenvalue weighted by Gasteiger charge is -2.20. The van der Waals surface area contributed by atoms with E-state index in [2.05, 4.69) is 108 Å². The molecule has 2 aliphatic rings. The number of benzene rings is 2. The Labute approximate surface area is 143 Å². The van der Waals surface area contributed by atoms with Crippen LogP contribution in [0, 0.1) is 0 Å². The number of hydrogen-bond donors (Lipinski definition) is 0. The summed E-state index contributed by atoms with van der Waals surface area (Å²) in [6.07, 6.45) is 4.38. The predicted molar refractivity (Wildman–Crippen MR) is 103 cm³/mol. The summed E-state index contributed by atoms with van der Waals surface area (Å²) in [6.45, 7) is 0. The van der Waals surface area contributed by atoms with Crippen molar-refractivity contribution < 1.29 is 0 Å². The van der Waals surface area contributed by atoms with Crippen molar-refractivity contribution in [3.8, 4) is 0 Å². The summed E-state index contributed by atoms with van der Waals surface area (Å²) in [6, 6.07) is 17.0. The highest BCUT2D eigenvalue weighted by Gasteiger charge is 2.27. The van der Waals surface area contributed by atoms with Crippen LogP contribution in [0.2, 0.25) is 0 Å². The molecule has 2 aromatic carbocycles. The molecule has 0 unspecified atom stereocenters. The van der Waals surface area contributed by atoms with E-state index in [1.807, 2.05) is 0 Å². The fraction of sp³-hybridized carbons (Fsp3) is 0.200. The van der Waals surface area contributed by atoms with E-state index < -0.39 is 0 Å². The Morgan fingerprint density at radius 2 is 0.750 bits per heavy atom. The molecule has 2 aliphatic heterocycles. The average Bonchev–Trinajstić information content (AvgIpc) is 3.00. The number of fused-ring (bicyclic) bond motifs is 2. The molecule has 0 saturated heterocycles. The Hall–Kier alpha value is -2.88. The van der Waals surface area contributed by atoms with E-state index in [4.69, 9.17) is 0 Å². The molecule has 0 aromatic heterocycles. The molecule has 0 amide bonds. The second-order valence-corrected chi connectivity index (χ2v) is 6.26. The Balaban J connectivity index is 1.70. The Morgan fingerprint density at radius 1 is 0.500 bits per heavy atom. The number of rotatable bonds is 1. The fourth-order valence-electron chi connectivity index (χ4n) is 3.60. The highest BCUT2D eigenvalue weighted by Crippen LogP contribution is 2.41. The third-order valence-corrected chi connectivity index (χ3v) is 4.96. The zero-order chi connectivity index (χ0) is 16.8. The van der Waals surface area contributed by atoms with Crippen LogP contribution in [-0.4, -0.2) is 28.2 Å². The lowest BCUT2D eigenvalue weighted by Crippen LogP contribution is -2.23.